The Kier molecular flexibility index (Phi) is 8.64. The molecule has 5 aromatic rings. The smallest absolute Gasteiger partial charge is 1.00 e. The van der Waals surface area contributed by atoms with Crippen LogP contribution in [0.5, 0.6) is 0 Å². The van der Waals surface area contributed by atoms with Gasteiger partial charge in [0.1, 0.15) is 0 Å². The summed E-state index contributed by atoms with van der Waals surface area (Å²) in [6, 6.07) is 19.3. The number of hydrogen-bond donors (Lipinski definition) is 0. The van der Waals surface area contributed by atoms with Crippen molar-refractivity contribution in [3.8, 4) is 11.3 Å². The molecule has 0 atom stereocenters. The third kappa shape index (κ3) is 4.61. The average molecular weight is 552 g/mol. The van der Waals surface area contributed by atoms with Crippen molar-refractivity contribution < 1.29 is 17.0 Å². The minimum Gasteiger partial charge on any atom is -1.00 e. The van der Waals surface area contributed by atoms with Gasteiger partial charge in [-0.25, -0.2) is 0 Å². The van der Waals surface area contributed by atoms with Crippen LogP contribution in [0, 0.1) is 19.9 Å². The number of halogens is 1. The van der Waals surface area contributed by atoms with Gasteiger partial charge < -0.3 is 21.4 Å². The fourth-order valence-corrected chi connectivity index (χ4v) is 5.25. The van der Waals surface area contributed by atoms with E-state index in [1.54, 1.807) is 0 Å². The maximum absolute atomic E-state index is 5.02. The maximum Gasteiger partial charge on any atom is 2.00 e. The van der Waals surface area contributed by atoms with Crippen LogP contribution in [-0.2, 0) is 0 Å². The van der Waals surface area contributed by atoms with Crippen LogP contribution in [-0.4, -0.2) is 32.4 Å². The normalized spacial score (nSPS) is 11.6. The third-order valence-corrected chi connectivity index (χ3v) is 7.37. The minimum atomic E-state index is 0. The number of rotatable bonds is 4. The van der Waals surface area contributed by atoms with Gasteiger partial charge in [-0.05, 0) is 70.9 Å². The van der Waals surface area contributed by atoms with Crippen molar-refractivity contribution in [2.75, 3.05) is 0 Å². The first-order chi connectivity index (χ1) is 16.2. The molecule has 4 heteroatoms. The van der Waals surface area contributed by atoms with E-state index < -0.39 is 0 Å². The zero-order valence-corrected chi connectivity index (χ0v) is 25.8. The molecule has 36 heavy (non-hydrogen) atoms. The Bertz CT molecular complexity index is 1530. The van der Waals surface area contributed by atoms with Crippen molar-refractivity contribution in [3.05, 3.63) is 82.5 Å². The molecule has 0 N–H and O–H groups in total. The third-order valence-electron chi connectivity index (χ3n) is 7.37. The van der Waals surface area contributed by atoms with Crippen molar-refractivity contribution >= 4 is 50.4 Å². The maximum atomic E-state index is 5.02. The molecule has 0 aliphatic carbocycles. The number of aromatic nitrogens is 2. The summed E-state index contributed by atoms with van der Waals surface area (Å²) >= 11 is 0. The molecule has 0 aliphatic heterocycles. The minimum absolute atomic E-state index is 0. The Morgan fingerprint density at radius 2 is 1.42 bits per heavy atom. The molecule has 0 fully saturated rings. The zero-order chi connectivity index (χ0) is 24.3. The van der Waals surface area contributed by atoms with Crippen LogP contribution >= 0.6 is 0 Å². The first kappa shape index (κ1) is 28.7. The van der Waals surface area contributed by atoms with E-state index >= 15 is 0 Å². The Morgan fingerprint density at radius 1 is 0.806 bits per heavy atom. The van der Waals surface area contributed by atoms with Gasteiger partial charge in [0, 0.05) is 17.3 Å². The summed E-state index contributed by atoms with van der Waals surface area (Å²) in [6.45, 7) is 18.2. The number of pyridine rings is 1. The number of fused-ring (bicyclic) bond motifs is 6. The average Bonchev–Trinajstić information content (AvgIpc) is 3.24. The monoisotopic (exact) mass is 550 g/mol. The Labute approximate surface area is 242 Å². The van der Waals surface area contributed by atoms with Crippen LogP contribution in [0.25, 0.3) is 38.6 Å². The summed E-state index contributed by atoms with van der Waals surface area (Å²) < 4.78 is 2.39. The first-order valence-electron chi connectivity index (χ1n) is 12.6. The Hall–Kier alpha value is -1.88. The summed E-state index contributed by atoms with van der Waals surface area (Å²) in [4.78, 5) is 5.02. The molecule has 182 valence electrons. The van der Waals surface area contributed by atoms with Gasteiger partial charge in [-0.2, -0.15) is 0 Å². The quantitative estimate of drug-likeness (QED) is 0.159. The molecule has 0 saturated carbocycles. The molecule has 2 nitrogen and oxygen atoms in total. The molecular weight excluding hydrogens is 517 g/mol. The van der Waals surface area contributed by atoms with Crippen LogP contribution in [0.3, 0.4) is 0 Å². The van der Waals surface area contributed by atoms with Gasteiger partial charge in [0.2, 0.25) is 0 Å². The van der Waals surface area contributed by atoms with Gasteiger partial charge in [-0.3, -0.25) is 4.98 Å². The Balaban J connectivity index is 0.00000180. The fourth-order valence-electron chi connectivity index (χ4n) is 5.25. The topological polar surface area (TPSA) is 17.3 Å². The largest absolute Gasteiger partial charge is 2.00 e. The van der Waals surface area contributed by atoms with Crippen LogP contribution in [0.4, 0.5) is 0 Å². The number of benzene rings is 3. The Morgan fingerprint density at radius 3 is 2.00 bits per heavy atom. The fraction of sp³-hybridized carbons (Fsp3) is 0.344. The van der Waals surface area contributed by atoms with Crippen LogP contribution in [0.15, 0.2) is 48.7 Å². The molecule has 5 rings (SSSR count). The van der Waals surface area contributed by atoms with E-state index in [1.165, 1.54) is 55.4 Å². The van der Waals surface area contributed by atoms with E-state index in [9.17, 15) is 0 Å². The molecule has 0 saturated heterocycles. The molecule has 2 aromatic heterocycles. The zero-order valence-electron chi connectivity index (χ0n) is 22.8. The molecule has 0 spiro atoms. The van der Waals surface area contributed by atoms with E-state index in [4.69, 9.17) is 4.98 Å². The molecule has 0 bridgehead atoms. The van der Waals surface area contributed by atoms with Crippen molar-refractivity contribution in [2.24, 2.45) is 0 Å². The van der Waals surface area contributed by atoms with Gasteiger partial charge in [-0.1, -0.05) is 65.1 Å². The second kappa shape index (κ2) is 10.8. The van der Waals surface area contributed by atoms with Gasteiger partial charge >= 0.3 is 23.1 Å². The molecule has 3 aromatic carbocycles. The van der Waals surface area contributed by atoms with Gasteiger partial charge in [0.15, 0.2) is 0 Å². The first-order valence-corrected chi connectivity index (χ1v) is 12.6. The summed E-state index contributed by atoms with van der Waals surface area (Å²) in [7, 11) is 0. The molecule has 0 radical (unpaired) electrons. The molecule has 2 heterocycles. The van der Waals surface area contributed by atoms with Crippen molar-refractivity contribution in [1.29, 1.82) is 0 Å². The van der Waals surface area contributed by atoms with E-state index in [1.807, 2.05) is 6.07 Å². The van der Waals surface area contributed by atoms with Crippen LogP contribution < -0.4 is 17.0 Å². The molecule has 0 amide bonds. The van der Waals surface area contributed by atoms with Crippen molar-refractivity contribution in [3.63, 3.8) is 0 Å². The predicted octanol–water partition coefficient (Wildman–Crippen LogP) is 5.72. The van der Waals surface area contributed by atoms with Gasteiger partial charge in [0.25, 0.3) is 0 Å². The number of aryl methyl sites for hydroxylation is 2. The SMILES string of the molecule is Cc1cc2c3ccc[c-]c3c3ncc(-c4c(C(C)C)cc(C(C)C)cc4C(C)C)n3c2cc1C.[Br-].[Mg+2]. The van der Waals surface area contributed by atoms with E-state index in [0.717, 1.165) is 11.0 Å². The van der Waals surface area contributed by atoms with Crippen LogP contribution in [0.2, 0.25) is 0 Å². The van der Waals surface area contributed by atoms with Crippen LogP contribution in [0.1, 0.15) is 87.1 Å². The summed E-state index contributed by atoms with van der Waals surface area (Å²) in [5.74, 6) is 1.33. The van der Waals surface area contributed by atoms with Gasteiger partial charge in [0.05, 0.1) is 11.3 Å². The molecule has 0 aliphatic rings. The van der Waals surface area contributed by atoms with Gasteiger partial charge in [-0.15, -0.1) is 29.7 Å². The summed E-state index contributed by atoms with van der Waals surface area (Å²) in [5, 5.41) is 3.56. The van der Waals surface area contributed by atoms with E-state index in [0.29, 0.717) is 17.8 Å². The van der Waals surface area contributed by atoms with E-state index in [2.05, 4.69) is 108 Å². The molecular formula is C32H35BrMgN2. The second-order valence-electron chi connectivity index (χ2n) is 10.8. The standard InChI is InChI=1S/C32H35N2.BrH.Mg/c1-18(2)23-15-26(19(3)4)31(27(16-23)20(5)6)30-17-33-32-25-12-10-9-11-24(25)28-13-21(7)22(8)14-29(28)34(30)32;;/h9-11,13-20H,1-8H3;1H;/q-1;;+2/p-1. The van der Waals surface area contributed by atoms with Crippen molar-refractivity contribution in [1.82, 2.24) is 9.38 Å². The summed E-state index contributed by atoms with van der Waals surface area (Å²) in [6.07, 6.45) is 2.09. The van der Waals surface area contributed by atoms with Crippen molar-refractivity contribution in [2.45, 2.75) is 73.1 Å². The number of imidazole rings is 1. The molecule has 0 unspecified atom stereocenters. The summed E-state index contributed by atoms with van der Waals surface area (Å²) in [5.41, 5.74) is 11.6. The van der Waals surface area contributed by atoms with E-state index in [-0.39, 0.29) is 40.0 Å². The number of hydrogen-bond acceptors (Lipinski definition) is 1. The predicted molar refractivity (Wildman–Crippen MR) is 152 cm³/mol. The second-order valence-corrected chi connectivity index (χ2v) is 10.8. The number of nitrogens with zero attached hydrogens (tertiary/aromatic N) is 2.